The fraction of sp³-hybridized carbons (Fsp3) is 0.200. The maximum Gasteiger partial charge on any atom is 0.0545 e. The van der Waals surface area contributed by atoms with Gasteiger partial charge in [-0.1, -0.05) is 175 Å². The first kappa shape index (κ1) is 40.9. The van der Waals surface area contributed by atoms with Crippen LogP contribution in [0.1, 0.15) is 99.2 Å². The van der Waals surface area contributed by atoms with Gasteiger partial charge in [-0.2, -0.15) is 0 Å². The second-order valence-electron chi connectivity index (χ2n) is 21.2. The molecule has 1 atom stereocenters. The molecule has 8 aromatic carbocycles. The van der Waals surface area contributed by atoms with Crippen LogP contribution in [0.3, 0.4) is 0 Å². The topological polar surface area (TPSA) is 9.72 Å². The number of hydrogen-bond acceptors (Lipinski definition) is 3. The molecule has 2 aliphatic carbocycles. The minimum absolute atomic E-state index is 0.168. The zero-order valence-electron chi connectivity index (χ0n) is 40.0. The van der Waals surface area contributed by atoms with Gasteiger partial charge in [-0.15, -0.1) is 0 Å². The van der Waals surface area contributed by atoms with Crippen LogP contribution in [0.25, 0.3) is 16.8 Å². The molecule has 332 valence electrons. The van der Waals surface area contributed by atoms with E-state index >= 15 is 0 Å². The van der Waals surface area contributed by atoms with Crippen LogP contribution >= 0.6 is 0 Å². The van der Waals surface area contributed by atoms with E-state index in [1.807, 2.05) is 0 Å². The van der Waals surface area contributed by atoms with Crippen molar-refractivity contribution in [3.63, 3.8) is 0 Å². The highest BCUT2D eigenvalue weighted by atomic mass is 15.2. The van der Waals surface area contributed by atoms with Gasteiger partial charge in [0.05, 0.1) is 28.4 Å². The number of aryl methyl sites for hydroxylation is 1. The quantitative estimate of drug-likeness (QED) is 0.158. The molecule has 0 saturated carbocycles. The maximum atomic E-state index is 2.74. The Balaban J connectivity index is 1.03. The van der Waals surface area contributed by atoms with E-state index in [9.17, 15) is 0 Å². The lowest BCUT2D eigenvalue weighted by atomic mass is 9.57. The van der Waals surface area contributed by atoms with Crippen LogP contribution in [-0.2, 0) is 22.7 Å². The van der Waals surface area contributed by atoms with E-state index in [-0.39, 0.29) is 22.2 Å². The highest BCUT2D eigenvalue weighted by molar-refractivity contribution is 6.02. The number of allylic oxidation sites excluding steroid dienone is 4. The summed E-state index contributed by atoms with van der Waals surface area (Å²) in [7, 11) is 0. The Labute approximate surface area is 402 Å². The minimum atomic E-state index is -0.316. The number of hydrogen-bond donors (Lipinski definition) is 0. The monoisotopic (exact) mass is 879 g/mol. The Morgan fingerprint density at radius 1 is 0.500 bits per heavy atom. The molecule has 68 heavy (non-hydrogen) atoms. The van der Waals surface area contributed by atoms with Gasteiger partial charge in [0.25, 0.3) is 0 Å². The molecule has 0 saturated heterocycles. The summed E-state index contributed by atoms with van der Waals surface area (Å²) in [6, 6.07) is 65.9. The van der Waals surface area contributed by atoms with Gasteiger partial charge >= 0.3 is 0 Å². The highest BCUT2D eigenvalue weighted by Gasteiger charge is 2.54. The molecule has 8 aromatic rings. The van der Waals surface area contributed by atoms with E-state index in [0.29, 0.717) is 0 Å². The largest absolute Gasteiger partial charge is 0.311 e. The zero-order valence-corrected chi connectivity index (χ0v) is 40.0. The summed E-state index contributed by atoms with van der Waals surface area (Å²) in [5, 5.41) is 2.49. The van der Waals surface area contributed by atoms with E-state index in [4.69, 9.17) is 0 Å². The Morgan fingerprint density at radius 2 is 1.09 bits per heavy atom. The first-order valence-corrected chi connectivity index (χ1v) is 24.7. The van der Waals surface area contributed by atoms with Gasteiger partial charge < -0.3 is 14.7 Å². The molecule has 5 aliphatic rings. The number of fused-ring (bicyclic) bond motifs is 2. The summed E-state index contributed by atoms with van der Waals surface area (Å²) >= 11 is 0. The lowest BCUT2D eigenvalue weighted by molar-refractivity contribution is 0.504. The Bertz CT molecular complexity index is 3410. The van der Waals surface area contributed by atoms with Crippen molar-refractivity contribution < 1.29 is 0 Å². The van der Waals surface area contributed by atoms with Crippen molar-refractivity contribution in [2.45, 2.75) is 83.0 Å². The number of rotatable bonds is 7. The normalized spacial score (nSPS) is 18.4. The van der Waals surface area contributed by atoms with Gasteiger partial charge in [0, 0.05) is 55.9 Å². The lowest BCUT2D eigenvalue weighted by Gasteiger charge is -2.58. The summed E-state index contributed by atoms with van der Waals surface area (Å²) in [5.41, 5.74) is 23.2. The number of anilines is 8. The second kappa shape index (κ2) is 14.8. The van der Waals surface area contributed by atoms with Gasteiger partial charge in [0.15, 0.2) is 0 Å². The minimum Gasteiger partial charge on any atom is -0.311 e. The van der Waals surface area contributed by atoms with Crippen molar-refractivity contribution in [2.24, 2.45) is 0 Å². The summed E-state index contributed by atoms with van der Waals surface area (Å²) in [6.45, 7) is 15.0. The van der Waals surface area contributed by atoms with E-state index in [0.717, 1.165) is 36.3 Å². The predicted octanol–water partition coefficient (Wildman–Crippen LogP) is 17.5. The Hall–Kier alpha value is -7.36. The van der Waals surface area contributed by atoms with Gasteiger partial charge in [-0.25, -0.2) is 0 Å². The van der Waals surface area contributed by atoms with Gasteiger partial charge in [0.1, 0.15) is 0 Å². The van der Waals surface area contributed by atoms with Crippen LogP contribution in [0.15, 0.2) is 205 Å². The smallest absolute Gasteiger partial charge is 0.0545 e. The second-order valence-corrected chi connectivity index (χ2v) is 21.2. The van der Waals surface area contributed by atoms with Crippen molar-refractivity contribution in [3.05, 3.63) is 244 Å². The molecule has 1 unspecified atom stereocenters. The molecule has 3 aliphatic heterocycles. The fourth-order valence-electron chi connectivity index (χ4n) is 12.8. The van der Waals surface area contributed by atoms with Crippen LogP contribution in [0.2, 0.25) is 0 Å². The number of nitrogens with zero attached hydrogens (tertiary/aromatic N) is 3. The molecule has 0 radical (unpaired) electrons. The molecule has 0 N–H and O–H groups in total. The highest BCUT2D eigenvalue weighted by Crippen LogP contribution is 2.67. The third kappa shape index (κ3) is 5.84. The SMILES string of the molecule is CC1(C)C2=CC(c3ccc(N(c4ccccc4)c4ccccc4)cc3)CC3=C2N2c4c1cc(N(c1cccc5c1C=CCC5)c1cccc5ccccc15)cc4C(C)(C)c1cccc(c12)C3(C)C. The van der Waals surface area contributed by atoms with Gasteiger partial charge in [-0.05, 0) is 130 Å². The van der Waals surface area contributed by atoms with E-state index in [1.54, 1.807) is 0 Å². The molecule has 0 bridgehead atoms. The molecular formula is C65H57N3. The first-order chi connectivity index (χ1) is 33.0. The molecule has 3 nitrogen and oxygen atoms in total. The molecule has 0 spiro atoms. The maximum absolute atomic E-state index is 2.74. The average molecular weight is 880 g/mol. The van der Waals surface area contributed by atoms with Crippen LogP contribution in [0.4, 0.5) is 45.5 Å². The molecular weight excluding hydrogens is 823 g/mol. The van der Waals surface area contributed by atoms with Gasteiger partial charge in [0.2, 0.25) is 0 Å². The summed E-state index contributed by atoms with van der Waals surface area (Å²) in [5.74, 6) is 0.211. The first-order valence-electron chi connectivity index (χ1n) is 24.7. The van der Waals surface area contributed by atoms with E-state index < -0.39 is 0 Å². The standard InChI is InChI=1S/C65H57N3/c1-63(2)52-30-19-31-53-60(52)68-61-54(63)38-45(42-34-36-48(37-35-42)66(46-24-9-7-10-25-46)47-26-11-8-12-27-47)39-55(61)65(5,6)57-41-49(40-56(62(57)68)64(53,3)4)67(58-32-17-22-43-20-13-15-28-50(43)58)59-33-18-23-44-21-14-16-29-51(44)59/h7-13,15-20,22-37,39-41,45H,14,21,38H2,1-6H3. The van der Waals surface area contributed by atoms with E-state index in [1.165, 1.54) is 95.0 Å². The van der Waals surface area contributed by atoms with Crippen LogP contribution in [-0.4, -0.2) is 0 Å². The fourth-order valence-corrected chi connectivity index (χ4v) is 12.8. The lowest BCUT2D eigenvalue weighted by Crippen LogP contribution is -2.48. The molecule has 13 rings (SSSR count). The van der Waals surface area contributed by atoms with Crippen molar-refractivity contribution in [3.8, 4) is 0 Å². The van der Waals surface area contributed by atoms with Crippen molar-refractivity contribution in [1.82, 2.24) is 0 Å². The Morgan fingerprint density at radius 3 is 1.82 bits per heavy atom. The third-order valence-corrected chi connectivity index (χ3v) is 16.4. The molecule has 3 heterocycles. The van der Waals surface area contributed by atoms with Crippen molar-refractivity contribution >= 4 is 62.3 Å². The number of para-hydroxylation sites is 3. The predicted molar refractivity (Wildman–Crippen MR) is 286 cm³/mol. The van der Waals surface area contributed by atoms with Crippen molar-refractivity contribution in [2.75, 3.05) is 14.7 Å². The molecule has 0 amide bonds. The molecule has 0 fully saturated rings. The summed E-state index contributed by atoms with van der Waals surface area (Å²) in [4.78, 5) is 7.70. The summed E-state index contributed by atoms with van der Waals surface area (Å²) in [6.07, 6.45) is 10.5. The average Bonchev–Trinajstić information content (AvgIpc) is 3.37. The van der Waals surface area contributed by atoms with Crippen LogP contribution in [0, 0.1) is 0 Å². The van der Waals surface area contributed by atoms with Gasteiger partial charge in [-0.3, -0.25) is 0 Å². The van der Waals surface area contributed by atoms with Crippen LogP contribution < -0.4 is 14.7 Å². The summed E-state index contributed by atoms with van der Waals surface area (Å²) < 4.78 is 0. The van der Waals surface area contributed by atoms with Crippen molar-refractivity contribution in [1.29, 1.82) is 0 Å². The zero-order chi connectivity index (χ0) is 46.1. The third-order valence-electron chi connectivity index (χ3n) is 16.4. The van der Waals surface area contributed by atoms with E-state index in [2.05, 4.69) is 250 Å². The Kier molecular flexibility index (Phi) is 8.91. The number of benzene rings is 8. The molecule has 3 heteroatoms. The van der Waals surface area contributed by atoms with Crippen LogP contribution in [0.5, 0.6) is 0 Å². The molecule has 0 aromatic heterocycles.